The lowest BCUT2D eigenvalue weighted by molar-refractivity contribution is -0.133. The maximum atomic E-state index is 13.2. The number of nitrogen functional groups attached to an aromatic ring is 1. The summed E-state index contributed by atoms with van der Waals surface area (Å²) in [5.41, 5.74) is 5.99. The monoisotopic (exact) mass is 454 g/mol. The van der Waals surface area contributed by atoms with E-state index >= 15 is 0 Å². The molecule has 0 aliphatic heterocycles. The van der Waals surface area contributed by atoms with Crippen LogP contribution in [0.2, 0.25) is 0 Å². The first-order valence-corrected chi connectivity index (χ1v) is 10.5. The molecular weight excluding hydrogens is 432 g/mol. The van der Waals surface area contributed by atoms with Crippen LogP contribution in [0.3, 0.4) is 0 Å². The number of halogens is 1. The molecule has 0 fully saturated rings. The van der Waals surface area contributed by atoms with Crippen LogP contribution in [0.5, 0.6) is 0 Å². The van der Waals surface area contributed by atoms with Crippen molar-refractivity contribution in [1.82, 2.24) is 14.5 Å². The molecule has 2 aromatic rings. The van der Waals surface area contributed by atoms with E-state index in [0.29, 0.717) is 24.4 Å². The van der Waals surface area contributed by atoms with Gasteiger partial charge in [0.15, 0.2) is 0 Å². The fourth-order valence-corrected chi connectivity index (χ4v) is 3.41. The highest BCUT2D eigenvalue weighted by atomic mass is 35.5. The average molecular weight is 455 g/mol. The van der Waals surface area contributed by atoms with Crippen LogP contribution >= 0.6 is 11.6 Å². The molecule has 32 heavy (non-hydrogen) atoms. The van der Waals surface area contributed by atoms with Crippen LogP contribution in [0.15, 0.2) is 64.1 Å². The zero-order valence-electron chi connectivity index (χ0n) is 17.6. The molecule has 0 saturated carbocycles. The fourth-order valence-electron chi connectivity index (χ4n) is 3.26. The highest BCUT2D eigenvalue weighted by molar-refractivity contribution is 6.61. The molecule has 3 rings (SSSR count). The Labute approximate surface area is 190 Å². The van der Waals surface area contributed by atoms with Gasteiger partial charge in [-0.05, 0) is 12.5 Å². The Bertz CT molecular complexity index is 1170. The maximum absolute atomic E-state index is 13.2. The summed E-state index contributed by atoms with van der Waals surface area (Å²) < 4.78 is 1.23. The topological polar surface area (TPSA) is 115 Å². The number of rotatable bonds is 8. The largest absolute Gasteiger partial charge is 0.393 e. The van der Waals surface area contributed by atoms with Crippen molar-refractivity contribution in [1.29, 1.82) is 0 Å². The van der Waals surface area contributed by atoms with E-state index in [1.165, 1.54) is 27.8 Å². The molecule has 1 heterocycles. The molecule has 2 N–H and O–H groups in total. The summed E-state index contributed by atoms with van der Waals surface area (Å²) in [6, 6.07) is 8.99. The number of nitrogens with zero attached hydrogens (tertiary/aromatic N) is 3. The van der Waals surface area contributed by atoms with Gasteiger partial charge in [-0.2, -0.15) is 0 Å². The minimum Gasteiger partial charge on any atom is -0.393 e. The van der Waals surface area contributed by atoms with Crippen molar-refractivity contribution in [2.24, 2.45) is 0 Å². The van der Waals surface area contributed by atoms with Crippen LogP contribution in [0, 0.1) is 0 Å². The molecule has 1 aromatic carbocycles. The number of benzene rings is 1. The Kier molecular flexibility index (Phi) is 7.37. The lowest BCUT2D eigenvalue weighted by Gasteiger charge is -2.25. The molecule has 0 unspecified atom stereocenters. The molecule has 0 atom stereocenters. The molecule has 0 bridgehead atoms. The Morgan fingerprint density at radius 1 is 1.12 bits per heavy atom. The van der Waals surface area contributed by atoms with E-state index in [0.717, 1.165) is 6.42 Å². The molecule has 9 heteroatoms. The zero-order valence-corrected chi connectivity index (χ0v) is 18.3. The molecule has 0 saturated heterocycles. The number of hydrogen-bond donors (Lipinski definition) is 1. The van der Waals surface area contributed by atoms with Crippen molar-refractivity contribution in [3.8, 4) is 11.4 Å². The molecule has 1 aromatic heterocycles. The number of anilines is 1. The van der Waals surface area contributed by atoms with Gasteiger partial charge < -0.3 is 10.6 Å². The normalized spacial score (nSPS) is 13.6. The first-order chi connectivity index (χ1) is 15.3. The number of Topliss-reactive ketones (excluding diaryl/α,β-unsaturated/α-hetero) is 2. The molecule has 166 valence electrons. The number of unbranched alkanes of at least 4 members (excludes halogenated alkanes) is 1. The second-order valence-electron chi connectivity index (χ2n) is 7.33. The maximum Gasteiger partial charge on any atom is 0.277 e. The lowest BCUT2D eigenvalue weighted by atomic mass is 10.0. The van der Waals surface area contributed by atoms with E-state index in [2.05, 4.69) is 4.98 Å². The van der Waals surface area contributed by atoms with Gasteiger partial charge >= 0.3 is 0 Å². The molecule has 0 spiro atoms. The molecular formula is C23H23ClN4O4. The van der Waals surface area contributed by atoms with E-state index in [-0.39, 0.29) is 29.4 Å². The van der Waals surface area contributed by atoms with E-state index in [1.807, 2.05) is 13.0 Å². The lowest BCUT2D eigenvalue weighted by Crippen LogP contribution is -2.41. The molecule has 1 aliphatic carbocycles. The summed E-state index contributed by atoms with van der Waals surface area (Å²) in [6.45, 7) is 1.96. The molecule has 1 aliphatic rings. The van der Waals surface area contributed by atoms with E-state index in [4.69, 9.17) is 17.3 Å². The average Bonchev–Trinajstić information content (AvgIpc) is 2.80. The van der Waals surface area contributed by atoms with Crippen molar-refractivity contribution in [2.75, 3.05) is 18.8 Å². The minimum absolute atomic E-state index is 0.0603. The van der Waals surface area contributed by atoms with E-state index in [9.17, 15) is 19.2 Å². The number of ketones is 2. The van der Waals surface area contributed by atoms with Gasteiger partial charge in [0, 0.05) is 24.2 Å². The van der Waals surface area contributed by atoms with Gasteiger partial charge in [-0.25, -0.2) is 4.98 Å². The van der Waals surface area contributed by atoms with E-state index < -0.39 is 23.0 Å². The minimum atomic E-state index is -0.797. The Hall–Kier alpha value is -3.52. The summed E-state index contributed by atoms with van der Waals surface area (Å²) in [4.78, 5) is 55.9. The third-order valence-corrected chi connectivity index (χ3v) is 5.34. The SMILES string of the molecule is CCCCN(CC1=CC=C(Cl)C(=O)C1=O)C(=O)Cn1c(-c2ccccc2)ncc(N)c1=O. The highest BCUT2D eigenvalue weighted by Gasteiger charge is 2.28. The number of amides is 1. The number of carbonyl (C=O) groups is 3. The van der Waals surface area contributed by atoms with Crippen LogP contribution < -0.4 is 11.3 Å². The Morgan fingerprint density at radius 2 is 1.84 bits per heavy atom. The highest BCUT2D eigenvalue weighted by Crippen LogP contribution is 2.18. The summed E-state index contributed by atoms with van der Waals surface area (Å²) in [5, 5.41) is -0.157. The van der Waals surface area contributed by atoms with Gasteiger partial charge in [-0.3, -0.25) is 23.7 Å². The predicted octanol–water partition coefficient (Wildman–Crippen LogP) is 2.32. The van der Waals surface area contributed by atoms with Gasteiger partial charge in [-0.15, -0.1) is 0 Å². The van der Waals surface area contributed by atoms with Gasteiger partial charge in [0.1, 0.15) is 18.1 Å². The Morgan fingerprint density at radius 3 is 2.53 bits per heavy atom. The third kappa shape index (κ3) is 5.03. The van der Waals surface area contributed by atoms with Gasteiger partial charge in [0.25, 0.3) is 5.56 Å². The second-order valence-corrected chi connectivity index (χ2v) is 7.74. The standard InChI is InChI=1S/C23H23ClN4O4/c1-2-3-11-27(13-16-9-10-17(24)21(31)20(16)30)19(29)14-28-22(15-7-5-4-6-8-15)26-12-18(25)23(28)32/h4-10,12H,2-3,11,13-14,25H2,1H3. The number of allylic oxidation sites excluding steroid dienone is 3. The van der Waals surface area contributed by atoms with Crippen LogP contribution in [-0.2, 0) is 20.9 Å². The van der Waals surface area contributed by atoms with Gasteiger partial charge in [-0.1, -0.05) is 61.4 Å². The summed E-state index contributed by atoms with van der Waals surface area (Å²) >= 11 is 5.73. The smallest absolute Gasteiger partial charge is 0.277 e. The van der Waals surface area contributed by atoms with Gasteiger partial charge in [0.2, 0.25) is 17.5 Å². The quantitative estimate of drug-likeness (QED) is 0.483. The first-order valence-electron chi connectivity index (χ1n) is 10.2. The van der Waals surface area contributed by atoms with Crippen molar-refractivity contribution >= 4 is 34.8 Å². The van der Waals surface area contributed by atoms with Crippen molar-refractivity contribution in [3.63, 3.8) is 0 Å². The molecule has 1 amide bonds. The first kappa shape index (κ1) is 23.1. The van der Waals surface area contributed by atoms with Crippen LogP contribution in [0.4, 0.5) is 5.69 Å². The van der Waals surface area contributed by atoms with Crippen LogP contribution in [0.1, 0.15) is 19.8 Å². The predicted molar refractivity (Wildman–Crippen MR) is 122 cm³/mol. The van der Waals surface area contributed by atoms with Gasteiger partial charge in [0.05, 0.1) is 11.2 Å². The molecule has 8 nitrogen and oxygen atoms in total. The number of hydrogen-bond acceptors (Lipinski definition) is 6. The second kappa shape index (κ2) is 10.2. The molecule has 0 radical (unpaired) electrons. The van der Waals surface area contributed by atoms with E-state index in [1.54, 1.807) is 24.3 Å². The van der Waals surface area contributed by atoms with Crippen LogP contribution in [0.25, 0.3) is 11.4 Å². The summed E-state index contributed by atoms with van der Waals surface area (Å²) in [7, 11) is 0. The zero-order chi connectivity index (χ0) is 23.3. The van der Waals surface area contributed by atoms with Crippen LogP contribution in [-0.4, -0.2) is 45.0 Å². The summed E-state index contributed by atoms with van der Waals surface area (Å²) in [5.74, 6) is -1.62. The third-order valence-electron chi connectivity index (χ3n) is 5.04. The fraction of sp³-hybridized carbons (Fsp3) is 0.261. The Balaban J connectivity index is 1.92. The summed E-state index contributed by atoms with van der Waals surface area (Å²) in [6.07, 6.45) is 5.57. The number of carbonyl (C=O) groups excluding carboxylic acids is 3. The van der Waals surface area contributed by atoms with Crippen molar-refractivity contribution in [3.05, 3.63) is 69.6 Å². The number of nitrogens with two attached hydrogens (primary N) is 1. The number of aromatic nitrogens is 2. The van der Waals surface area contributed by atoms with Crippen molar-refractivity contribution in [2.45, 2.75) is 26.3 Å². The van der Waals surface area contributed by atoms with Crippen molar-refractivity contribution < 1.29 is 14.4 Å².